The molecule has 0 N–H and O–H groups in total. The van der Waals surface area contributed by atoms with Gasteiger partial charge in [0.15, 0.2) is 0 Å². The predicted molar refractivity (Wildman–Crippen MR) is 101 cm³/mol. The first-order valence-electron chi connectivity index (χ1n) is 10.7. The molecule has 1 aliphatic heterocycles. The SMILES string of the molecule is O=C(OC#CCN1CCC(CC2CCCCC2)CC1)C1CCCCC1. The van der Waals surface area contributed by atoms with Gasteiger partial charge < -0.3 is 4.74 Å². The number of piperidine rings is 1. The molecule has 3 fully saturated rings. The average Bonchev–Trinajstić information content (AvgIpc) is 2.68. The number of likely N-dealkylation sites (tertiary alicyclic amines) is 1. The molecule has 3 heteroatoms. The predicted octanol–water partition coefficient (Wildman–Crippen LogP) is 4.75. The van der Waals surface area contributed by atoms with Crippen LogP contribution in [0.2, 0.25) is 0 Å². The number of esters is 1. The molecule has 0 atom stereocenters. The zero-order valence-corrected chi connectivity index (χ0v) is 15.8. The summed E-state index contributed by atoms with van der Waals surface area (Å²) in [5.74, 6) is 4.98. The van der Waals surface area contributed by atoms with Crippen LogP contribution in [0, 0.1) is 29.8 Å². The van der Waals surface area contributed by atoms with Crippen LogP contribution in [0.4, 0.5) is 0 Å². The minimum absolute atomic E-state index is 0.0959. The Hall–Kier alpha value is -1.01. The zero-order valence-electron chi connectivity index (χ0n) is 15.8. The first kappa shape index (κ1) is 18.8. The van der Waals surface area contributed by atoms with Crippen LogP contribution in [-0.2, 0) is 9.53 Å². The highest BCUT2D eigenvalue weighted by Gasteiger charge is 2.24. The Morgan fingerprint density at radius 2 is 1.44 bits per heavy atom. The van der Waals surface area contributed by atoms with Crippen LogP contribution in [0.25, 0.3) is 0 Å². The molecule has 0 unspecified atom stereocenters. The summed E-state index contributed by atoms with van der Waals surface area (Å²) in [4.78, 5) is 14.4. The second kappa shape index (κ2) is 10.2. The van der Waals surface area contributed by atoms with E-state index >= 15 is 0 Å². The molecule has 2 saturated carbocycles. The van der Waals surface area contributed by atoms with E-state index in [1.807, 2.05) is 0 Å². The van der Waals surface area contributed by atoms with Crippen LogP contribution in [0.5, 0.6) is 0 Å². The highest BCUT2D eigenvalue weighted by molar-refractivity contribution is 5.73. The Labute approximate surface area is 153 Å². The highest BCUT2D eigenvalue weighted by atomic mass is 16.5. The summed E-state index contributed by atoms with van der Waals surface area (Å²) in [5.41, 5.74) is 0. The van der Waals surface area contributed by atoms with Crippen LogP contribution in [0.15, 0.2) is 0 Å². The van der Waals surface area contributed by atoms with Gasteiger partial charge in [0.05, 0.1) is 12.5 Å². The van der Waals surface area contributed by atoms with Gasteiger partial charge in [-0.15, -0.1) is 0 Å². The van der Waals surface area contributed by atoms with Gasteiger partial charge in [-0.3, -0.25) is 9.69 Å². The molecule has 0 bridgehead atoms. The summed E-state index contributed by atoms with van der Waals surface area (Å²) in [6.07, 6.45) is 19.6. The normalized spacial score (nSPS) is 24.5. The lowest BCUT2D eigenvalue weighted by atomic mass is 9.80. The quantitative estimate of drug-likeness (QED) is 0.544. The molecule has 1 heterocycles. The van der Waals surface area contributed by atoms with E-state index in [0.717, 1.165) is 57.2 Å². The van der Waals surface area contributed by atoms with Crippen LogP contribution in [-0.4, -0.2) is 30.5 Å². The van der Waals surface area contributed by atoms with Crippen molar-refractivity contribution in [1.82, 2.24) is 4.90 Å². The van der Waals surface area contributed by atoms with E-state index < -0.39 is 0 Å². The monoisotopic (exact) mass is 345 g/mol. The van der Waals surface area contributed by atoms with Gasteiger partial charge in [-0.2, -0.15) is 0 Å². The molecule has 3 aliphatic rings. The van der Waals surface area contributed by atoms with E-state index in [1.165, 1.54) is 57.8 Å². The van der Waals surface area contributed by atoms with Crippen molar-refractivity contribution in [1.29, 1.82) is 0 Å². The molecule has 0 amide bonds. The number of rotatable bonds is 4. The third-order valence-electron chi connectivity index (χ3n) is 6.56. The van der Waals surface area contributed by atoms with Crippen LogP contribution < -0.4 is 0 Å². The zero-order chi connectivity index (χ0) is 17.3. The molecular formula is C22H35NO2. The van der Waals surface area contributed by atoms with E-state index in [-0.39, 0.29) is 11.9 Å². The van der Waals surface area contributed by atoms with Gasteiger partial charge >= 0.3 is 5.97 Å². The lowest BCUT2D eigenvalue weighted by Crippen LogP contribution is -2.34. The maximum absolute atomic E-state index is 11.9. The molecule has 3 rings (SSSR count). The van der Waals surface area contributed by atoms with Crippen LogP contribution >= 0.6 is 0 Å². The smallest absolute Gasteiger partial charge is 0.322 e. The Balaban J connectivity index is 1.29. The van der Waals surface area contributed by atoms with Crippen molar-refractivity contribution in [3.63, 3.8) is 0 Å². The summed E-state index contributed by atoms with van der Waals surface area (Å²) in [7, 11) is 0. The molecule has 0 aromatic heterocycles. The number of nitrogens with zero attached hydrogens (tertiary/aromatic N) is 1. The largest absolute Gasteiger partial charge is 0.372 e. The molecule has 140 valence electrons. The molecule has 3 nitrogen and oxygen atoms in total. The van der Waals surface area contributed by atoms with Crippen molar-refractivity contribution in [2.45, 2.75) is 83.5 Å². The Bertz CT molecular complexity index is 458. The summed E-state index contributed by atoms with van der Waals surface area (Å²) in [5, 5.41) is 0. The van der Waals surface area contributed by atoms with E-state index in [0.29, 0.717) is 0 Å². The number of carbonyl (C=O) groups is 1. The fourth-order valence-electron chi connectivity index (χ4n) is 4.93. The Kier molecular flexibility index (Phi) is 7.67. The molecule has 0 aromatic carbocycles. The minimum Gasteiger partial charge on any atom is -0.372 e. The molecule has 0 aromatic rings. The summed E-state index contributed by atoms with van der Waals surface area (Å²) in [6, 6.07) is 0. The topological polar surface area (TPSA) is 29.5 Å². The standard InChI is InChI=1S/C22H35NO2/c24-22(21-10-5-2-6-11-21)25-17-7-14-23-15-12-20(13-16-23)18-19-8-3-1-4-9-19/h19-21H,1-6,8-16,18H2. The third-order valence-corrected chi connectivity index (χ3v) is 6.56. The first-order chi connectivity index (χ1) is 12.3. The van der Waals surface area contributed by atoms with Crippen molar-refractivity contribution in [2.75, 3.05) is 19.6 Å². The number of carbonyl (C=O) groups excluding carboxylic acids is 1. The average molecular weight is 346 g/mol. The highest BCUT2D eigenvalue weighted by Crippen LogP contribution is 2.32. The van der Waals surface area contributed by atoms with Gasteiger partial charge in [-0.05, 0) is 62.9 Å². The molecule has 0 spiro atoms. The minimum atomic E-state index is -0.0987. The molecule has 1 saturated heterocycles. The maximum atomic E-state index is 11.9. The van der Waals surface area contributed by atoms with E-state index in [4.69, 9.17) is 4.74 Å². The fourth-order valence-corrected chi connectivity index (χ4v) is 4.93. The maximum Gasteiger partial charge on any atom is 0.322 e. The fraction of sp³-hybridized carbons (Fsp3) is 0.864. The molecule has 0 radical (unpaired) electrons. The van der Waals surface area contributed by atoms with Gasteiger partial charge in [-0.1, -0.05) is 51.4 Å². The molecular weight excluding hydrogens is 310 g/mol. The molecule has 2 aliphatic carbocycles. The van der Waals surface area contributed by atoms with E-state index in [9.17, 15) is 4.79 Å². The van der Waals surface area contributed by atoms with Gasteiger partial charge in [0, 0.05) is 0 Å². The number of hydrogen-bond acceptors (Lipinski definition) is 3. The second-order valence-electron chi connectivity index (χ2n) is 8.49. The van der Waals surface area contributed by atoms with Crippen molar-refractivity contribution in [2.24, 2.45) is 17.8 Å². The van der Waals surface area contributed by atoms with E-state index in [2.05, 4.69) is 16.9 Å². The Morgan fingerprint density at radius 1 is 0.840 bits per heavy atom. The van der Waals surface area contributed by atoms with Crippen molar-refractivity contribution < 1.29 is 9.53 Å². The van der Waals surface area contributed by atoms with Crippen molar-refractivity contribution >= 4 is 5.97 Å². The summed E-state index contributed by atoms with van der Waals surface area (Å²) in [6.45, 7) is 3.05. The second-order valence-corrected chi connectivity index (χ2v) is 8.49. The summed E-state index contributed by atoms with van der Waals surface area (Å²) < 4.78 is 5.17. The lowest BCUT2D eigenvalue weighted by Gasteiger charge is -2.33. The van der Waals surface area contributed by atoms with Crippen molar-refractivity contribution in [3.8, 4) is 12.0 Å². The number of hydrogen-bond donors (Lipinski definition) is 0. The van der Waals surface area contributed by atoms with E-state index in [1.54, 1.807) is 0 Å². The third kappa shape index (κ3) is 6.33. The van der Waals surface area contributed by atoms with Crippen LogP contribution in [0.3, 0.4) is 0 Å². The van der Waals surface area contributed by atoms with Gasteiger partial charge in [0.2, 0.25) is 0 Å². The summed E-state index contributed by atoms with van der Waals surface area (Å²) >= 11 is 0. The van der Waals surface area contributed by atoms with Gasteiger partial charge in [0.1, 0.15) is 6.11 Å². The lowest BCUT2D eigenvalue weighted by molar-refractivity contribution is -0.142. The van der Waals surface area contributed by atoms with Crippen molar-refractivity contribution in [3.05, 3.63) is 0 Å². The first-order valence-corrected chi connectivity index (χ1v) is 10.7. The Morgan fingerprint density at radius 3 is 2.12 bits per heavy atom. The van der Waals surface area contributed by atoms with Gasteiger partial charge in [0.25, 0.3) is 0 Å². The number of ether oxygens (including phenoxy) is 1. The molecule has 25 heavy (non-hydrogen) atoms. The van der Waals surface area contributed by atoms with Gasteiger partial charge in [-0.25, -0.2) is 0 Å². The van der Waals surface area contributed by atoms with Crippen LogP contribution in [0.1, 0.15) is 83.5 Å².